The van der Waals surface area contributed by atoms with Crippen LogP contribution in [0.25, 0.3) is 0 Å². The molecule has 0 saturated carbocycles. The molecule has 0 aliphatic heterocycles. The van der Waals surface area contributed by atoms with E-state index in [2.05, 4.69) is 17.2 Å². The van der Waals surface area contributed by atoms with Crippen LogP contribution in [0, 0.1) is 0 Å². The minimum atomic E-state index is -0.212. The Bertz CT molecular complexity index is 684. The summed E-state index contributed by atoms with van der Waals surface area (Å²) in [6.45, 7) is 4.04. The highest BCUT2D eigenvalue weighted by molar-refractivity contribution is 6.35. The van der Waals surface area contributed by atoms with Gasteiger partial charge >= 0.3 is 0 Å². The maximum Gasteiger partial charge on any atom is 0.243 e. The highest BCUT2D eigenvalue weighted by atomic mass is 35.5. The lowest BCUT2D eigenvalue weighted by Crippen LogP contribution is -2.22. The summed E-state index contributed by atoms with van der Waals surface area (Å²) in [5, 5.41) is 6.77. The molecule has 0 heterocycles. The molecule has 0 aliphatic rings. The van der Waals surface area contributed by atoms with Gasteiger partial charge in [0.1, 0.15) is 12.4 Å². The number of anilines is 2. The van der Waals surface area contributed by atoms with Gasteiger partial charge in [-0.15, -0.1) is 0 Å². The summed E-state index contributed by atoms with van der Waals surface area (Å²) in [6, 6.07) is 12.2. The lowest BCUT2D eigenvalue weighted by molar-refractivity contribution is -0.114. The zero-order valence-electron chi connectivity index (χ0n) is 12.3. The molecule has 0 atom stereocenters. The van der Waals surface area contributed by atoms with Crippen molar-refractivity contribution in [3.05, 3.63) is 65.2 Å². The first-order chi connectivity index (χ1) is 11.1. The van der Waals surface area contributed by atoms with Crippen LogP contribution in [0.15, 0.2) is 55.1 Å². The maximum absolute atomic E-state index is 12.1. The number of rotatable bonds is 7. The van der Waals surface area contributed by atoms with E-state index < -0.39 is 0 Å². The number of amides is 1. The quantitative estimate of drug-likeness (QED) is 0.717. The van der Waals surface area contributed by atoms with E-state index in [1.54, 1.807) is 36.4 Å². The molecule has 1 amide bonds. The van der Waals surface area contributed by atoms with E-state index in [1.165, 1.54) is 0 Å². The van der Waals surface area contributed by atoms with Gasteiger partial charge in [-0.25, -0.2) is 0 Å². The van der Waals surface area contributed by atoms with E-state index in [0.29, 0.717) is 33.8 Å². The third-order valence-corrected chi connectivity index (χ3v) is 3.27. The molecule has 23 heavy (non-hydrogen) atoms. The number of hydrogen-bond acceptors (Lipinski definition) is 3. The fraction of sp³-hybridized carbons (Fsp3) is 0.118. The van der Waals surface area contributed by atoms with E-state index in [9.17, 15) is 4.79 Å². The molecular formula is C17H16Cl2N2O2. The van der Waals surface area contributed by atoms with Crippen molar-refractivity contribution in [2.45, 2.75) is 0 Å². The van der Waals surface area contributed by atoms with Crippen LogP contribution in [-0.2, 0) is 4.79 Å². The Morgan fingerprint density at radius 1 is 1.17 bits per heavy atom. The van der Waals surface area contributed by atoms with Crippen molar-refractivity contribution in [1.82, 2.24) is 0 Å². The molecule has 0 spiro atoms. The maximum atomic E-state index is 12.1. The van der Waals surface area contributed by atoms with E-state index >= 15 is 0 Å². The summed E-state index contributed by atoms with van der Waals surface area (Å²) >= 11 is 11.8. The van der Waals surface area contributed by atoms with Crippen molar-refractivity contribution < 1.29 is 9.53 Å². The molecule has 0 aliphatic carbocycles. The number of ether oxygens (including phenoxy) is 1. The highest BCUT2D eigenvalue weighted by Gasteiger charge is 2.07. The molecular weight excluding hydrogens is 335 g/mol. The average Bonchev–Trinajstić information content (AvgIpc) is 2.51. The molecule has 6 heteroatoms. The third kappa shape index (κ3) is 5.51. The lowest BCUT2D eigenvalue weighted by atomic mass is 10.3. The monoisotopic (exact) mass is 350 g/mol. The zero-order valence-corrected chi connectivity index (χ0v) is 13.8. The van der Waals surface area contributed by atoms with E-state index in [0.717, 1.165) is 0 Å². The summed E-state index contributed by atoms with van der Waals surface area (Å²) in [4.78, 5) is 12.1. The Hall–Kier alpha value is -2.17. The van der Waals surface area contributed by atoms with Crippen LogP contribution >= 0.6 is 23.2 Å². The molecule has 0 radical (unpaired) electrons. The fourth-order valence-corrected chi connectivity index (χ4v) is 2.40. The number of para-hydroxylation sites is 2. The van der Waals surface area contributed by atoms with E-state index in [4.69, 9.17) is 27.9 Å². The molecule has 0 bridgehead atoms. The van der Waals surface area contributed by atoms with Crippen LogP contribution < -0.4 is 15.4 Å². The molecule has 0 unspecified atom stereocenters. The second kappa shape index (κ2) is 8.46. The Kier molecular flexibility index (Phi) is 6.32. The predicted octanol–water partition coefficient (Wildman–Crippen LogP) is 4.61. The van der Waals surface area contributed by atoms with Gasteiger partial charge in [-0.1, -0.05) is 48.0 Å². The summed E-state index contributed by atoms with van der Waals surface area (Å²) < 4.78 is 5.49. The van der Waals surface area contributed by atoms with Crippen molar-refractivity contribution in [1.29, 1.82) is 0 Å². The normalized spacial score (nSPS) is 10.0. The Morgan fingerprint density at radius 2 is 1.87 bits per heavy atom. The van der Waals surface area contributed by atoms with Gasteiger partial charge in [0, 0.05) is 15.7 Å². The van der Waals surface area contributed by atoms with Crippen LogP contribution in [0.1, 0.15) is 0 Å². The second-order valence-electron chi connectivity index (χ2n) is 4.66. The number of benzene rings is 2. The average molecular weight is 351 g/mol. The standard InChI is InChI=1S/C17H16Cl2N2O2/c1-2-7-23-16-6-4-3-5-15(16)21-17(22)11-20-14-9-12(18)8-13(19)10-14/h2-6,8-10,20H,1,7,11H2,(H,21,22). The second-order valence-corrected chi connectivity index (χ2v) is 5.53. The largest absolute Gasteiger partial charge is 0.487 e. The SMILES string of the molecule is C=CCOc1ccccc1NC(=O)CNc1cc(Cl)cc(Cl)c1. The molecule has 0 saturated heterocycles. The molecule has 2 N–H and O–H groups in total. The smallest absolute Gasteiger partial charge is 0.243 e. The topological polar surface area (TPSA) is 50.4 Å². The number of carbonyl (C=O) groups excluding carboxylic acids is 1. The third-order valence-electron chi connectivity index (χ3n) is 2.83. The van der Waals surface area contributed by atoms with Crippen LogP contribution in [0.3, 0.4) is 0 Å². The molecule has 4 nitrogen and oxygen atoms in total. The van der Waals surface area contributed by atoms with Crippen molar-refractivity contribution in [2.75, 3.05) is 23.8 Å². The van der Waals surface area contributed by atoms with Crippen LogP contribution in [-0.4, -0.2) is 19.1 Å². The summed E-state index contributed by atoms with van der Waals surface area (Å²) in [6.07, 6.45) is 1.64. The van der Waals surface area contributed by atoms with Gasteiger partial charge in [0.15, 0.2) is 0 Å². The number of carbonyl (C=O) groups is 1. The van der Waals surface area contributed by atoms with Gasteiger partial charge in [0.05, 0.1) is 12.2 Å². The minimum Gasteiger partial charge on any atom is -0.487 e. The van der Waals surface area contributed by atoms with E-state index in [-0.39, 0.29) is 12.5 Å². The number of halogens is 2. The fourth-order valence-electron chi connectivity index (χ4n) is 1.88. The first-order valence-corrected chi connectivity index (χ1v) is 7.66. The Labute approximate surface area is 145 Å². The van der Waals surface area contributed by atoms with Gasteiger partial charge in [0.2, 0.25) is 5.91 Å². The molecule has 2 rings (SSSR count). The van der Waals surface area contributed by atoms with Gasteiger partial charge in [-0.3, -0.25) is 4.79 Å². The number of nitrogens with one attached hydrogen (secondary N) is 2. The minimum absolute atomic E-state index is 0.0759. The van der Waals surface area contributed by atoms with Crippen molar-refractivity contribution >= 4 is 40.5 Å². The van der Waals surface area contributed by atoms with Crippen molar-refractivity contribution in [3.8, 4) is 5.75 Å². The molecule has 0 fully saturated rings. The summed E-state index contributed by atoms with van der Waals surface area (Å²) in [5.41, 5.74) is 1.28. The molecule has 2 aromatic rings. The molecule has 0 aromatic heterocycles. The van der Waals surface area contributed by atoms with Gasteiger partial charge in [-0.2, -0.15) is 0 Å². The van der Waals surface area contributed by atoms with Gasteiger partial charge in [0.25, 0.3) is 0 Å². The van der Waals surface area contributed by atoms with Gasteiger partial charge in [-0.05, 0) is 30.3 Å². The zero-order chi connectivity index (χ0) is 16.7. The molecule has 2 aromatic carbocycles. The van der Waals surface area contributed by atoms with Crippen LogP contribution in [0.4, 0.5) is 11.4 Å². The van der Waals surface area contributed by atoms with Gasteiger partial charge < -0.3 is 15.4 Å². The van der Waals surface area contributed by atoms with Crippen molar-refractivity contribution in [2.24, 2.45) is 0 Å². The predicted molar refractivity (Wildman–Crippen MR) is 95.7 cm³/mol. The van der Waals surface area contributed by atoms with Crippen LogP contribution in [0.5, 0.6) is 5.75 Å². The Morgan fingerprint density at radius 3 is 2.57 bits per heavy atom. The Balaban J connectivity index is 1.95. The van der Waals surface area contributed by atoms with Crippen molar-refractivity contribution in [3.63, 3.8) is 0 Å². The number of hydrogen-bond donors (Lipinski definition) is 2. The summed E-state index contributed by atoms with van der Waals surface area (Å²) in [5.74, 6) is 0.377. The van der Waals surface area contributed by atoms with Crippen LogP contribution in [0.2, 0.25) is 10.0 Å². The lowest BCUT2D eigenvalue weighted by Gasteiger charge is -2.12. The first kappa shape index (κ1) is 17.2. The first-order valence-electron chi connectivity index (χ1n) is 6.91. The van der Waals surface area contributed by atoms with E-state index in [1.807, 2.05) is 12.1 Å². The molecule has 120 valence electrons. The highest BCUT2D eigenvalue weighted by Crippen LogP contribution is 2.24. The summed E-state index contributed by atoms with van der Waals surface area (Å²) in [7, 11) is 0.